The first-order valence-corrected chi connectivity index (χ1v) is 2.64. The minimum atomic E-state index is -0.0214. The number of pyridine rings is 1. The maximum atomic E-state index is 10.6. The van der Waals surface area contributed by atoms with Crippen LogP contribution in [0, 0.1) is 6.07 Å². The molecule has 0 saturated carbocycles. The first kappa shape index (κ1) is 5.95. The molecule has 0 spiro atoms. The zero-order valence-corrected chi connectivity index (χ0v) is 5.09. The van der Waals surface area contributed by atoms with Crippen LogP contribution in [0.25, 0.3) is 0 Å². The van der Waals surface area contributed by atoms with E-state index in [4.69, 9.17) is 0 Å². The smallest absolute Gasteiger partial charge is 0.178 e. The first-order chi connectivity index (χ1) is 4.30. The van der Waals surface area contributed by atoms with Gasteiger partial charge in [0, 0.05) is 13.1 Å². The molecule has 0 atom stereocenters. The van der Waals surface area contributed by atoms with E-state index in [0.717, 1.165) is 0 Å². The molecule has 0 unspecified atom stereocenters. The number of carbonyl (C=O) groups is 1. The molecule has 0 saturated heterocycles. The van der Waals surface area contributed by atoms with Crippen molar-refractivity contribution < 1.29 is 4.79 Å². The highest BCUT2D eigenvalue weighted by Crippen LogP contribution is 1.91. The summed E-state index contributed by atoms with van der Waals surface area (Å²) in [5.74, 6) is -0.0214. The topological polar surface area (TPSA) is 30.0 Å². The van der Waals surface area contributed by atoms with Gasteiger partial charge in [-0.2, -0.15) is 0 Å². The maximum absolute atomic E-state index is 10.6. The van der Waals surface area contributed by atoms with Gasteiger partial charge in [-0.1, -0.05) is 0 Å². The Kier molecular flexibility index (Phi) is 1.58. The van der Waals surface area contributed by atoms with E-state index in [-0.39, 0.29) is 5.78 Å². The van der Waals surface area contributed by atoms with Gasteiger partial charge in [0.15, 0.2) is 5.78 Å². The Morgan fingerprint density at radius 3 is 2.89 bits per heavy atom. The second-order valence-corrected chi connectivity index (χ2v) is 1.70. The fourth-order valence-corrected chi connectivity index (χ4v) is 0.517. The van der Waals surface area contributed by atoms with Gasteiger partial charge >= 0.3 is 0 Å². The molecule has 0 aliphatic rings. The number of aromatic nitrogens is 1. The largest absolute Gasteiger partial charge is 0.293 e. The SMILES string of the molecule is CC(=O)c1c[c]ccn1. The fraction of sp³-hybridized carbons (Fsp3) is 0.143. The molecule has 0 fully saturated rings. The monoisotopic (exact) mass is 120 g/mol. The lowest BCUT2D eigenvalue weighted by molar-refractivity contribution is 0.101. The van der Waals surface area contributed by atoms with Gasteiger partial charge in [0.2, 0.25) is 0 Å². The highest BCUT2D eigenvalue weighted by atomic mass is 16.1. The van der Waals surface area contributed by atoms with Crippen LogP contribution in [0.15, 0.2) is 18.3 Å². The Morgan fingerprint density at radius 2 is 2.56 bits per heavy atom. The second kappa shape index (κ2) is 2.40. The summed E-state index contributed by atoms with van der Waals surface area (Å²) in [4.78, 5) is 14.4. The minimum absolute atomic E-state index is 0.0214. The maximum Gasteiger partial charge on any atom is 0.178 e. The lowest BCUT2D eigenvalue weighted by atomic mass is 10.3. The quantitative estimate of drug-likeness (QED) is 0.519. The third-order valence-electron chi connectivity index (χ3n) is 0.965. The Balaban J connectivity index is 2.98. The van der Waals surface area contributed by atoms with E-state index >= 15 is 0 Å². The molecule has 0 bridgehead atoms. The standard InChI is InChI=1S/C7H6NO/c1-6(9)7-4-2-3-5-8-7/h3-5H,1H3. The van der Waals surface area contributed by atoms with E-state index in [0.29, 0.717) is 5.69 Å². The average molecular weight is 120 g/mol. The summed E-state index contributed by atoms with van der Waals surface area (Å²) in [7, 11) is 0. The van der Waals surface area contributed by atoms with Crippen LogP contribution in [0.5, 0.6) is 0 Å². The molecule has 1 radical (unpaired) electrons. The normalized spacial score (nSPS) is 9.00. The predicted octanol–water partition coefficient (Wildman–Crippen LogP) is 1.08. The molecule has 9 heavy (non-hydrogen) atoms. The zero-order valence-electron chi connectivity index (χ0n) is 5.09. The van der Waals surface area contributed by atoms with E-state index in [2.05, 4.69) is 11.1 Å². The van der Waals surface area contributed by atoms with Crippen molar-refractivity contribution in [2.45, 2.75) is 6.92 Å². The van der Waals surface area contributed by atoms with Gasteiger partial charge in [-0.15, -0.1) is 0 Å². The molecule has 0 amide bonds. The van der Waals surface area contributed by atoms with Crippen molar-refractivity contribution in [2.24, 2.45) is 0 Å². The number of rotatable bonds is 1. The predicted molar refractivity (Wildman–Crippen MR) is 33.1 cm³/mol. The number of Topliss-reactive ketones (excluding diaryl/α,β-unsaturated/α-hetero) is 1. The molecule has 1 aromatic rings. The summed E-state index contributed by atoms with van der Waals surface area (Å²) in [6, 6.07) is 5.99. The fourth-order valence-electron chi connectivity index (χ4n) is 0.517. The number of ketones is 1. The minimum Gasteiger partial charge on any atom is -0.293 e. The number of carbonyl (C=O) groups excluding carboxylic acids is 1. The summed E-state index contributed by atoms with van der Waals surface area (Å²) in [6.07, 6.45) is 1.55. The van der Waals surface area contributed by atoms with Crippen LogP contribution in [0.4, 0.5) is 0 Å². The summed E-state index contributed by atoms with van der Waals surface area (Å²) in [5, 5.41) is 0. The Hall–Kier alpha value is -1.18. The van der Waals surface area contributed by atoms with Crippen molar-refractivity contribution in [3.05, 3.63) is 30.1 Å². The van der Waals surface area contributed by atoms with E-state index < -0.39 is 0 Å². The van der Waals surface area contributed by atoms with Gasteiger partial charge in [-0.3, -0.25) is 9.78 Å². The second-order valence-electron chi connectivity index (χ2n) is 1.70. The molecule has 0 aliphatic heterocycles. The van der Waals surface area contributed by atoms with Crippen molar-refractivity contribution in [1.82, 2.24) is 4.98 Å². The third kappa shape index (κ3) is 1.35. The lowest BCUT2D eigenvalue weighted by Gasteiger charge is -1.88. The van der Waals surface area contributed by atoms with Crippen LogP contribution in [0.2, 0.25) is 0 Å². The van der Waals surface area contributed by atoms with Crippen molar-refractivity contribution in [2.75, 3.05) is 0 Å². The van der Waals surface area contributed by atoms with Crippen LogP contribution < -0.4 is 0 Å². The van der Waals surface area contributed by atoms with Gasteiger partial charge in [-0.05, 0) is 18.2 Å². The van der Waals surface area contributed by atoms with Crippen LogP contribution in [0.3, 0.4) is 0 Å². The van der Waals surface area contributed by atoms with Crippen LogP contribution in [0.1, 0.15) is 17.4 Å². The molecule has 0 N–H and O–H groups in total. The number of nitrogens with zero attached hydrogens (tertiary/aromatic N) is 1. The average Bonchev–Trinajstić information content (AvgIpc) is 1.90. The third-order valence-corrected chi connectivity index (χ3v) is 0.965. The first-order valence-electron chi connectivity index (χ1n) is 2.64. The summed E-state index contributed by atoms with van der Waals surface area (Å²) < 4.78 is 0. The molecule has 2 nitrogen and oxygen atoms in total. The molecular weight excluding hydrogens is 114 g/mol. The molecule has 0 aromatic carbocycles. The molecule has 2 heteroatoms. The molecular formula is C7H6NO. The molecule has 0 aliphatic carbocycles. The Bertz CT molecular complexity index is 205. The van der Waals surface area contributed by atoms with Gasteiger partial charge in [0.1, 0.15) is 5.69 Å². The van der Waals surface area contributed by atoms with Gasteiger partial charge in [0.25, 0.3) is 0 Å². The Labute approximate surface area is 53.5 Å². The zero-order chi connectivity index (χ0) is 6.69. The van der Waals surface area contributed by atoms with Crippen LogP contribution >= 0.6 is 0 Å². The van der Waals surface area contributed by atoms with E-state index in [9.17, 15) is 4.79 Å². The summed E-state index contributed by atoms with van der Waals surface area (Å²) in [5.41, 5.74) is 0.470. The van der Waals surface area contributed by atoms with Crippen molar-refractivity contribution in [1.29, 1.82) is 0 Å². The molecule has 1 heterocycles. The van der Waals surface area contributed by atoms with Gasteiger partial charge in [-0.25, -0.2) is 0 Å². The van der Waals surface area contributed by atoms with Crippen molar-refractivity contribution in [3.8, 4) is 0 Å². The van der Waals surface area contributed by atoms with Crippen LogP contribution in [-0.2, 0) is 0 Å². The van der Waals surface area contributed by atoms with E-state index in [1.165, 1.54) is 6.92 Å². The Morgan fingerprint density at radius 1 is 1.78 bits per heavy atom. The highest BCUT2D eigenvalue weighted by Gasteiger charge is 1.95. The highest BCUT2D eigenvalue weighted by molar-refractivity contribution is 5.91. The number of hydrogen-bond donors (Lipinski definition) is 0. The van der Waals surface area contributed by atoms with Gasteiger partial charge < -0.3 is 0 Å². The lowest BCUT2D eigenvalue weighted by Crippen LogP contribution is -1.93. The van der Waals surface area contributed by atoms with Gasteiger partial charge in [0.05, 0.1) is 0 Å². The number of hydrogen-bond acceptors (Lipinski definition) is 2. The molecule has 1 aromatic heterocycles. The van der Waals surface area contributed by atoms with Crippen molar-refractivity contribution >= 4 is 5.78 Å². The van der Waals surface area contributed by atoms with Crippen molar-refractivity contribution in [3.63, 3.8) is 0 Å². The summed E-state index contributed by atoms with van der Waals surface area (Å²) >= 11 is 0. The van der Waals surface area contributed by atoms with Crippen LogP contribution in [-0.4, -0.2) is 10.8 Å². The van der Waals surface area contributed by atoms with E-state index in [1.807, 2.05) is 0 Å². The van der Waals surface area contributed by atoms with E-state index in [1.54, 1.807) is 18.3 Å². The molecule has 45 valence electrons. The summed E-state index contributed by atoms with van der Waals surface area (Å²) in [6.45, 7) is 1.48. The molecule has 1 rings (SSSR count).